The Labute approximate surface area is 110 Å². The van der Waals surface area contributed by atoms with Gasteiger partial charge in [0.2, 0.25) is 0 Å². The standard InChI is InChI=1S/C13H15F2N3O/c1-17-12(10-4-8(14)2-3-11(10)15)7-18(13(17)19)9-5-16-6-9/h2-4,9,12,16H,5-7H2,1H3. The van der Waals surface area contributed by atoms with Crippen LogP contribution in [0, 0.1) is 11.6 Å². The van der Waals surface area contributed by atoms with Crippen molar-refractivity contribution in [2.24, 2.45) is 0 Å². The molecule has 4 nitrogen and oxygen atoms in total. The lowest BCUT2D eigenvalue weighted by molar-refractivity contribution is 0.162. The zero-order valence-corrected chi connectivity index (χ0v) is 10.6. The van der Waals surface area contributed by atoms with Gasteiger partial charge in [0.25, 0.3) is 0 Å². The number of urea groups is 1. The Morgan fingerprint density at radius 3 is 2.68 bits per heavy atom. The molecule has 2 aliphatic rings. The second-order valence-corrected chi connectivity index (χ2v) is 5.04. The van der Waals surface area contributed by atoms with Crippen LogP contribution in [0.5, 0.6) is 0 Å². The molecule has 0 aromatic heterocycles. The lowest BCUT2D eigenvalue weighted by Gasteiger charge is -2.34. The van der Waals surface area contributed by atoms with Crippen molar-refractivity contribution < 1.29 is 13.6 Å². The fourth-order valence-electron chi connectivity index (χ4n) is 2.60. The van der Waals surface area contributed by atoms with Gasteiger partial charge in [-0.25, -0.2) is 13.6 Å². The molecular formula is C13H15F2N3O. The number of benzene rings is 1. The van der Waals surface area contributed by atoms with E-state index in [9.17, 15) is 13.6 Å². The van der Waals surface area contributed by atoms with Gasteiger partial charge in [0.1, 0.15) is 11.6 Å². The van der Waals surface area contributed by atoms with Gasteiger partial charge in [-0.05, 0) is 18.2 Å². The SMILES string of the molecule is CN1C(=O)N(C2CNC2)CC1c1cc(F)ccc1F. The van der Waals surface area contributed by atoms with Crippen LogP contribution in [-0.4, -0.2) is 48.6 Å². The summed E-state index contributed by atoms with van der Waals surface area (Å²) in [5, 5.41) is 3.10. The average Bonchev–Trinajstić information content (AvgIpc) is 2.59. The number of halogens is 2. The van der Waals surface area contributed by atoms with E-state index in [2.05, 4.69) is 5.32 Å². The predicted molar refractivity (Wildman–Crippen MR) is 65.6 cm³/mol. The topological polar surface area (TPSA) is 35.6 Å². The third-order valence-corrected chi connectivity index (χ3v) is 3.90. The summed E-state index contributed by atoms with van der Waals surface area (Å²) < 4.78 is 27.1. The summed E-state index contributed by atoms with van der Waals surface area (Å²) >= 11 is 0. The number of nitrogens with zero attached hydrogens (tertiary/aromatic N) is 2. The Morgan fingerprint density at radius 1 is 1.32 bits per heavy atom. The van der Waals surface area contributed by atoms with Gasteiger partial charge in [-0.1, -0.05) is 0 Å². The smallest absolute Gasteiger partial charge is 0.319 e. The van der Waals surface area contributed by atoms with Crippen LogP contribution in [0.1, 0.15) is 11.6 Å². The molecule has 0 bridgehead atoms. The van der Waals surface area contributed by atoms with Crippen molar-refractivity contribution in [3.05, 3.63) is 35.4 Å². The molecule has 6 heteroatoms. The number of rotatable bonds is 2. The Morgan fingerprint density at radius 2 is 2.05 bits per heavy atom. The van der Waals surface area contributed by atoms with Crippen LogP contribution in [0.15, 0.2) is 18.2 Å². The second-order valence-electron chi connectivity index (χ2n) is 5.04. The highest BCUT2D eigenvalue weighted by atomic mass is 19.1. The van der Waals surface area contributed by atoms with Gasteiger partial charge in [0, 0.05) is 32.2 Å². The van der Waals surface area contributed by atoms with Crippen molar-refractivity contribution in [3.8, 4) is 0 Å². The monoisotopic (exact) mass is 267 g/mol. The van der Waals surface area contributed by atoms with Crippen molar-refractivity contribution in [1.29, 1.82) is 0 Å². The molecule has 102 valence electrons. The quantitative estimate of drug-likeness (QED) is 0.878. The van der Waals surface area contributed by atoms with Gasteiger partial charge in [0.05, 0.1) is 12.1 Å². The molecule has 0 spiro atoms. The lowest BCUT2D eigenvalue weighted by atomic mass is 10.0. The molecule has 19 heavy (non-hydrogen) atoms. The number of likely N-dealkylation sites (N-methyl/N-ethyl adjacent to an activating group) is 1. The van der Waals surface area contributed by atoms with Gasteiger partial charge >= 0.3 is 6.03 Å². The fraction of sp³-hybridized carbons (Fsp3) is 0.462. The summed E-state index contributed by atoms with van der Waals surface area (Å²) in [4.78, 5) is 15.3. The Hall–Kier alpha value is -1.69. The minimum atomic E-state index is -0.485. The minimum absolute atomic E-state index is 0.125. The molecule has 3 rings (SSSR count). The third-order valence-electron chi connectivity index (χ3n) is 3.90. The molecule has 2 fully saturated rings. The highest BCUT2D eigenvalue weighted by Crippen LogP contribution is 2.31. The highest BCUT2D eigenvalue weighted by Gasteiger charge is 2.41. The highest BCUT2D eigenvalue weighted by molar-refractivity contribution is 5.77. The molecule has 1 unspecified atom stereocenters. The summed E-state index contributed by atoms with van der Waals surface area (Å²) in [5.41, 5.74) is 0.241. The van der Waals surface area contributed by atoms with Crippen LogP contribution in [0.3, 0.4) is 0 Å². The van der Waals surface area contributed by atoms with E-state index in [-0.39, 0.29) is 17.6 Å². The van der Waals surface area contributed by atoms with E-state index in [1.165, 1.54) is 11.0 Å². The molecule has 1 N–H and O–H groups in total. The molecule has 0 radical (unpaired) electrons. The molecule has 2 amide bonds. The van der Waals surface area contributed by atoms with Gasteiger partial charge in [-0.3, -0.25) is 0 Å². The van der Waals surface area contributed by atoms with Gasteiger partial charge in [0.15, 0.2) is 0 Å². The first-order valence-electron chi connectivity index (χ1n) is 6.27. The third kappa shape index (κ3) is 1.96. The Kier molecular flexibility index (Phi) is 2.89. The van der Waals surface area contributed by atoms with Gasteiger partial charge < -0.3 is 15.1 Å². The molecule has 0 aliphatic carbocycles. The second kappa shape index (κ2) is 4.45. The largest absolute Gasteiger partial charge is 0.320 e. The first-order valence-corrected chi connectivity index (χ1v) is 6.27. The van der Waals surface area contributed by atoms with Crippen LogP contribution in [-0.2, 0) is 0 Å². The van der Waals surface area contributed by atoms with Crippen molar-refractivity contribution in [2.45, 2.75) is 12.1 Å². The molecule has 2 heterocycles. The van der Waals surface area contributed by atoms with Crippen LogP contribution in [0.25, 0.3) is 0 Å². The van der Waals surface area contributed by atoms with E-state index in [4.69, 9.17) is 0 Å². The van der Waals surface area contributed by atoms with E-state index >= 15 is 0 Å². The normalized spacial score (nSPS) is 23.9. The zero-order chi connectivity index (χ0) is 13.6. The number of hydrogen-bond donors (Lipinski definition) is 1. The van der Waals surface area contributed by atoms with Crippen LogP contribution < -0.4 is 5.32 Å². The molecule has 1 aromatic carbocycles. The van der Waals surface area contributed by atoms with Gasteiger partial charge in [-0.2, -0.15) is 0 Å². The maximum atomic E-state index is 13.8. The first kappa shape index (κ1) is 12.3. The Balaban J connectivity index is 1.88. The molecule has 1 aromatic rings. The Bertz CT molecular complexity index is 519. The van der Waals surface area contributed by atoms with E-state index in [0.29, 0.717) is 6.54 Å². The van der Waals surface area contributed by atoms with Crippen LogP contribution in [0.4, 0.5) is 13.6 Å². The fourth-order valence-corrected chi connectivity index (χ4v) is 2.60. The number of carbonyl (C=O) groups is 1. The number of carbonyl (C=O) groups excluding carboxylic acids is 1. The average molecular weight is 267 g/mol. The van der Waals surface area contributed by atoms with Crippen LogP contribution in [0.2, 0.25) is 0 Å². The molecule has 0 saturated carbocycles. The van der Waals surface area contributed by atoms with E-state index < -0.39 is 17.7 Å². The lowest BCUT2D eigenvalue weighted by Crippen LogP contribution is -2.57. The summed E-state index contributed by atoms with van der Waals surface area (Å²) in [6.45, 7) is 1.93. The van der Waals surface area contributed by atoms with Crippen molar-refractivity contribution in [2.75, 3.05) is 26.7 Å². The molecule has 2 aliphatic heterocycles. The first-order chi connectivity index (χ1) is 9.08. The van der Waals surface area contributed by atoms with E-state index in [1.807, 2.05) is 0 Å². The molecule has 1 atom stereocenters. The van der Waals surface area contributed by atoms with Crippen molar-refractivity contribution in [3.63, 3.8) is 0 Å². The number of hydrogen-bond acceptors (Lipinski definition) is 2. The number of amides is 2. The maximum Gasteiger partial charge on any atom is 0.320 e. The maximum absolute atomic E-state index is 13.8. The molecule has 2 saturated heterocycles. The van der Waals surface area contributed by atoms with E-state index in [0.717, 1.165) is 25.2 Å². The van der Waals surface area contributed by atoms with Crippen molar-refractivity contribution >= 4 is 6.03 Å². The van der Waals surface area contributed by atoms with Gasteiger partial charge in [-0.15, -0.1) is 0 Å². The van der Waals surface area contributed by atoms with Crippen LogP contribution >= 0.6 is 0 Å². The molecular weight excluding hydrogens is 252 g/mol. The minimum Gasteiger partial charge on any atom is -0.319 e. The predicted octanol–water partition coefficient (Wildman–Crippen LogP) is 1.35. The summed E-state index contributed by atoms with van der Waals surface area (Å²) in [6.07, 6.45) is 0. The summed E-state index contributed by atoms with van der Waals surface area (Å²) in [7, 11) is 1.63. The summed E-state index contributed by atoms with van der Waals surface area (Å²) in [5.74, 6) is -0.958. The zero-order valence-electron chi connectivity index (χ0n) is 10.6. The summed E-state index contributed by atoms with van der Waals surface area (Å²) in [6, 6.07) is 2.98. The van der Waals surface area contributed by atoms with Crippen molar-refractivity contribution in [1.82, 2.24) is 15.1 Å². The number of nitrogens with one attached hydrogen (secondary N) is 1. The van der Waals surface area contributed by atoms with E-state index in [1.54, 1.807) is 11.9 Å².